The van der Waals surface area contributed by atoms with Gasteiger partial charge in [0.2, 0.25) is 5.91 Å². The minimum Gasteiger partial charge on any atom is -0.494 e. The molecule has 166 valence electrons. The van der Waals surface area contributed by atoms with Crippen molar-refractivity contribution in [2.45, 2.75) is 32.2 Å². The number of likely N-dealkylation sites (tertiary alicyclic amines) is 1. The summed E-state index contributed by atoms with van der Waals surface area (Å²) in [5.41, 5.74) is 4.17. The number of amides is 1. The molecule has 0 bridgehead atoms. The topological polar surface area (TPSA) is 100 Å². The molecule has 1 atom stereocenters. The van der Waals surface area contributed by atoms with Gasteiger partial charge in [-0.25, -0.2) is 4.52 Å². The summed E-state index contributed by atoms with van der Waals surface area (Å²) in [5, 5.41) is 21.6. The predicted octanol–water partition coefficient (Wildman–Crippen LogP) is 2.16. The third kappa shape index (κ3) is 3.41. The summed E-state index contributed by atoms with van der Waals surface area (Å²) in [6.45, 7) is 5.37. The number of rotatable bonds is 4. The normalized spacial score (nSPS) is 19.4. The van der Waals surface area contributed by atoms with E-state index >= 15 is 0 Å². The lowest BCUT2D eigenvalue weighted by Crippen LogP contribution is -2.42. The Balaban J connectivity index is 1.36. The fourth-order valence-electron chi connectivity index (χ4n) is 5.00. The summed E-state index contributed by atoms with van der Waals surface area (Å²) in [6, 6.07) is 4.37. The molecule has 0 unspecified atom stereocenters. The maximum Gasteiger partial charge on any atom is 0.227 e. The van der Waals surface area contributed by atoms with Crippen molar-refractivity contribution < 1.29 is 9.53 Å². The number of nitrogens with zero attached hydrogens (tertiary/aromatic N) is 6. The van der Waals surface area contributed by atoms with Crippen LogP contribution in [-0.4, -0.2) is 63.5 Å². The molecule has 2 saturated heterocycles. The van der Waals surface area contributed by atoms with E-state index in [0.29, 0.717) is 22.7 Å². The zero-order valence-electron chi connectivity index (χ0n) is 18.4. The van der Waals surface area contributed by atoms with Crippen LogP contribution >= 0.6 is 0 Å². The molecule has 5 heterocycles. The van der Waals surface area contributed by atoms with Crippen LogP contribution in [-0.2, 0) is 4.79 Å². The standard InChI is InChI=1S/C23H27N7O2/c1-15-20(17-9-21(32-2)22-18(10-24)12-26-29(22)14-17)13-27-30(15)19-4-7-28(8-5-19)23(31)16-3-6-25-11-16/h9,12-14,16,19,25H,3-8,11H2,1-2H3/t16-/m1/s1. The molecular formula is C23H27N7O2. The Morgan fingerprint density at radius 3 is 2.75 bits per heavy atom. The summed E-state index contributed by atoms with van der Waals surface area (Å²) in [6.07, 6.45) is 8.09. The predicted molar refractivity (Wildman–Crippen MR) is 118 cm³/mol. The van der Waals surface area contributed by atoms with Crippen molar-refractivity contribution in [3.63, 3.8) is 0 Å². The van der Waals surface area contributed by atoms with Gasteiger partial charge in [-0.3, -0.25) is 9.48 Å². The van der Waals surface area contributed by atoms with E-state index in [4.69, 9.17) is 9.84 Å². The van der Waals surface area contributed by atoms with Crippen molar-refractivity contribution in [3.05, 3.63) is 35.9 Å². The lowest BCUT2D eigenvalue weighted by molar-refractivity contribution is -0.136. The van der Waals surface area contributed by atoms with Crippen molar-refractivity contribution in [3.8, 4) is 22.9 Å². The largest absolute Gasteiger partial charge is 0.494 e. The number of ether oxygens (including phenoxy) is 1. The first-order valence-corrected chi connectivity index (χ1v) is 11.1. The van der Waals surface area contributed by atoms with Crippen molar-refractivity contribution in [1.29, 1.82) is 5.26 Å². The number of carbonyl (C=O) groups is 1. The van der Waals surface area contributed by atoms with Gasteiger partial charge >= 0.3 is 0 Å². The molecular weight excluding hydrogens is 406 g/mol. The Bertz CT molecular complexity index is 1190. The highest BCUT2D eigenvalue weighted by molar-refractivity contribution is 5.79. The molecule has 9 heteroatoms. The maximum atomic E-state index is 12.7. The zero-order valence-corrected chi connectivity index (χ0v) is 18.4. The van der Waals surface area contributed by atoms with Crippen molar-refractivity contribution >= 4 is 11.4 Å². The number of hydrogen-bond donors (Lipinski definition) is 1. The van der Waals surface area contributed by atoms with Gasteiger partial charge in [-0.1, -0.05) is 0 Å². The van der Waals surface area contributed by atoms with Gasteiger partial charge in [-0.05, 0) is 38.8 Å². The molecule has 3 aromatic heterocycles. The van der Waals surface area contributed by atoms with Gasteiger partial charge in [0.25, 0.3) is 0 Å². The van der Waals surface area contributed by atoms with Crippen LogP contribution in [0.25, 0.3) is 16.6 Å². The van der Waals surface area contributed by atoms with Gasteiger partial charge in [0.05, 0.1) is 31.5 Å². The molecule has 32 heavy (non-hydrogen) atoms. The number of carbonyl (C=O) groups excluding carboxylic acids is 1. The highest BCUT2D eigenvalue weighted by atomic mass is 16.5. The molecule has 2 aliphatic heterocycles. The number of pyridine rings is 1. The summed E-state index contributed by atoms with van der Waals surface area (Å²) in [4.78, 5) is 14.7. The highest BCUT2D eigenvalue weighted by Crippen LogP contribution is 2.33. The molecule has 1 N–H and O–H groups in total. The van der Waals surface area contributed by atoms with Gasteiger partial charge in [0, 0.05) is 42.7 Å². The molecule has 3 aromatic rings. The molecule has 2 aliphatic rings. The molecule has 0 aliphatic carbocycles. The Labute approximate surface area is 186 Å². The maximum absolute atomic E-state index is 12.7. The summed E-state index contributed by atoms with van der Waals surface area (Å²) in [7, 11) is 1.60. The second-order valence-corrected chi connectivity index (χ2v) is 8.59. The van der Waals surface area contributed by atoms with Gasteiger partial charge in [0.15, 0.2) is 0 Å². The number of hydrogen-bond acceptors (Lipinski definition) is 6. The number of nitriles is 1. The van der Waals surface area contributed by atoms with E-state index < -0.39 is 0 Å². The van der Waals surface area contributed by atoms with Crippen LogP contribution in [0, 0.1) is 24.2 Å². The van der Waals surface area contributed by atoms with E-state index in [-0.39, 0.29) is 12.0 Å². The minimum absolute atomic E-state index is 0.137. The first kappa shape index (κ1) is 20.5. The van der Waals surface area contributed by atoms with Crippen molar-refractivity contribution in [1.82, 2.24) is 29.6 Å². The Hall–Kier alpha value is -3.38. The monoisotopic (exact) mass is 433 g/mol. The van der Waals surface area contributed by atoms with Gasteiger partial charge in [-0.2, -0.15) is 15.5 Å². The van der Waals surface area contributed by atoms with E-state index in [1.54, 1.807) is 17.8 Å². The molecule has 0 radical (unpaired) electrons. The number of piperidine rings is 1. The zero-order chi connectivity index (χ0) is 22.2. The number of fused-ring (bicyclic) bond motifs is 1. The van der Waals surface area contributed by atoms with Gasteiger partial charge in [0.1, 0.15) is 22.9 Å². The van der Waals surface area contributed by atoms with E-state index in [9.17, 15) is 10.1 Å². The molecule has 5 rings (SSSR count). The Kier molecular flexibility index (Phi) is 5.31. The third-order valence-electron chi connectivity index (χ3n) is 6.80. The third-order valence-corrected chi connectivity index (χ3v) is 6.80. The quantitative estimate of drug-likeness (QED) is 0.677. The average molecular weight is 434 g/mol. The van der Waals surface area contributed by atoms with Crippen LogP contribution in [0.15, 0.2) is 24.7 Å². The number of nitrogens with one attached hydrogen (secondary N) is 1. The van der Waals surface area contributed by atoms with Crippen LogP contribution < -0.4 is 10.1 Å². The van der Waals surface area contributed by atoms with Crippen LogP contribution in [0.1, 0.15) is 36.6 Å². The molecule has 1 amide bonds. The highest BCUT2D eigenvalue weighted by Gasteiger charge is 2.31. The number of aromatic nitrogens is 4. The lowest BCUT2D eigenvalue weighted by Gasteiger charge is -2.34. The van der Waals surface area contributed by atoms with Gasteiger partial charge in [-0.15, -0.1) is 0 Å². The second kappa shape index (κ2) is 8.28. The van der Waals surface area contributed by atoms with E-state index in [0.717, 1.165) is 62.3 Å². The molecule has 0 saturated carbocycles. The van der Waals surface area contributed by atoms with E-state index in [2.05, 4.69) is 28.1 Å². The fourth-order valence-corrected chi connectivity index (χ4v) is 5.00. The summed E-state index contributed by atoms with van der Waals surface area (Å²) in [5.74, 6) is 1.04. The van der Waals surface area contributed by atoms with Crippen LogP contribution in [0.5, 0.6) is 5.75 Å². The van der Waals surface area contributed by atoms with Crippen LogP contribution in [0.2, 0.25) is 0 Å². The SMILES string of the molecule is COc1cc(-c2cnn(C3CCN(C(=O)[C@@H]4CCNC4)CC3)c2C)cn2ncc(C#N)c12. The fraction of sp³-hybridized carbons (Fsp3) is 0.478. The lowest BCUT2D eigenvalue weighted by atomic mass is 10.0. The smallest absolute Gasteiger partial charge is 0.227 e. The molecule has 0 spiro atoms. The summed E-state index contributed by atoms with van der Waals surface area (Å²) >= 11 is 0. The van der Waals surface area contributed by atoms with Crippen LogP contribution in [0.3, 0.4) is 0 Å². The first-order valence-electron chi connectivity index (χ1n) is 11.1. The van der Waals surface area contributed by atoms with Crippen LogP contribution in [0.4, 0.5) is 0 Å². The molecule has 2 fully saturated rings. The first-order chi connectivity index (χ1) is 15.6. The van der Waals surface area contributed by atoms with Gasteiger partial charge < -0.3 is 15.0 Å². The van der Waals surface area contributed by atoms with E-state index in [1.807, 2.05) is 23.4 Å². The van der Waals surface area contributed by atoms with E-state index in [1.165, 1.54) is 0 Å². The minimum atomic E-state index is 0.137. The number of methoxy groups -OCH3 is 1. The molecule has 9 nitrogen and oxygen atoms in total. The van der Waals surface area contributed by atoms with Crippen molar-refractivity contribution in [2.75, 3.05) is 33.3 Å². The average Bonchev–Trinajstić information content (AvgIpc) is 3.58. The van der Waals surface area contributed by atoms with Crippen molar-refractivity contribution in [2.24, 2.45) is 5.92 Å². The summed E-state index contributed by atoms with van der Waals surface area (Å²) < 4.78 is 9.33. The second-order valence-electron chi connectivity index (χ2n) is 8.59. The Morgan fingerprint density at radius 1 is 1.25 bits per heavy atom. The Morgan fingerprint density at radius 2 is 2.06 bits per heavy atom. The molecule has 0 aromatic carbocycles.